The summed E-state index contributed by atoms with van der Waals surface area (Å²) in [7, 11) is 0. The number of para-hydroxylation sites is 1. The molecule has 0 radical (unpaired) electrons. The van der Waals surface area contributed by atoms with Crippen molar-refractivity contribution in [1.29, 1.82) is 0 Å². The maximum absolute atomic E-state index is 2.66. The smallest absolute Gasteiger partial charge is 0.0538 e. The van der Waals surface area contributed by atoms with Gasteiger partial charge in [-0.3, -0.25) is 0 Å². The molecule has 0 spiro atoms. The number of allylic oxidation sites excluding steroid dienone is 16. The van der Waals surface area contributed by atoms with Crippen LogP contribution in [0.25, 0.3) is 33.8 Å². The summed E-state index contributed by atoms with van der Waals surface area (Å²) in [4.78, 5) is 2.66. The van der Waals surface area contributed by atoms with E-state index in [0.717, 1.165) is 51.4 Å². The average Bonchev–Trinajstić information content (AvgIpc) is 3.71. The number of nitrogens with zero attached hydrogens (tertiary/aromatic N) is 2. The average molecular weight is 647 g/mol. The van der Waals surface area contributed by atoms with E-state index in [1.807, 2.05) is 0 Å². The number of rotatable bonds is 5. The molecule has 4 aromatic rings. The van der Waals surface area contributed by atoms with Crippen LogP contribution in [-0.2, 0) is 6.42 Å². The number of hydrogen-bond donors (Lipinski definition) is 0. The largest absolute Gasteiger partial charge is 0.321 e. The second kappa shape index (κ2) is 12.2. The molecule has 50 heavy (non-hydrogen) atoms. The van der Waals surface area contributed by atoms with Crippen molar-refractivity contribution in [3.63, 3.8) is 0 Å². The molecular formula is C48H42N2. The zero-order chi connectivity index (χ0) is 33.0. The highest BCUT2D eigenvalue weighted by atomic mass is 15.2. The van der Waals surface area contributed by atoms with E-state index in [-0.39, 0.29) is 0 Å². The molecule has 2 heteroatoms. The van der Waals surface area contributed by atoms with Gasteiger partial charge < -0.3 is 9.47 Å². The molecule has 5 aliphatic carbocycles. The Hall–Kier alpha value is -5.34. The lowest BCUT2D eigenvalue weighted by molar-refractivity contribution is 0.471. The van der Waals surface area contributed by atoms with E-state index in [0.29, 0.717) is 5.92 Å². The lowest BCUT2D eigenvalue weighted by Gasteiger charge is -2.32. The van der Waals surface area contributed by atoms with E-state index in [1.54, 1.807) is 0 Å². The van der Waals surface area contributed by atoms with Crippen molar-refractivity contribution in [2.45, 2.75) is 57.8 Å². The first-order valence-electron chi connectivity index (χ1n) is 18.7. The number of fused-ring (bicyclic) bond motifs is 5. The molecule has 0 saturated heterocycles. The van der Waals surface area contributed by atoms with Gasteiger partial charge in [0.25, 0.3) is 0 Å². The van der Waals surface area contributed by atoms with Gasteiger partial charge in [-0.1, -0.05) is 97.1 Å². The Bertz CT molecular complexity index is 2320. The molecule has 0 saturated carbocycles. The minimum Gasteiger partial charge on any atom is -0.321 e. The molecule has 2 heterocycles. The van der Waals surface area contributed by atoms with E-state index in [1.165, 1.54) is 90.4 Å². The Labute approximate surface area is 295 Å². The molecule has 0 fully saturated rings. The Kier molecular flexibility index (Phi) is 7.22. The molecular weight excluding hydrogens is 605 g/mol. The summed E-state index contributed by atoms with van der Waals surface area (Å²) in [6.07, 6.45) is 33.8. The second-order valence-corrected chi connectivity index (χ2v) is 14.5. The lowest BCUT2D eigenvalue weighted by Crippen LogP contribution is -2.22. The minimum atomic E-state index is 0.405. The van der Waals surface area contributed by atoms with Crippen molar-refractivity contribution in [2.24, 2.45) is 5.92 Å². The van der Waals surface area contributed by atoms with Gasteiger partial charge in [-0.05, 0) is 139 Å². The third-order valence-electron chi connectivity index (χ3n) is 11.7. The van der Waals surface area contributed by atoms with Crippen molar-refractivity contribution >= 4 is 28.1 Å². The second-order valence-electron chi connectivity index (χ2n) is 14.5. The topological polar surface area (TPSA) is 8.17 Å². The molecule has 1 aromatic heterocycles. The highest BCUT2D eigenvalue weighted by Crippen LogP contribution is 2.51. The number of aromatic nitrogens is 1. The molecule has 10 rings (SSSR count). The first-order chi connectivity index (χ1) is 24.8. The van der Waals surface area contributed by atoms with Gasteiger partial charge in [0.2, 0.25) is 0 Å². The molecule has 2 nitrogen and oxygen atoms in total. The standard InChI is InChI=1S/C48H42N2/c1-4-12-33(13-5-1)35-20-25-40(26-21-35)50-45-19-11-10-18-41(45)42-31-37(23-28-46(42)50)38-24-29-48-44(32-38)43-30-36(34-14-6-2-7-15-34)22-27-47(43)49(48)39-16-8-3-9-17-39/h1-4,6-10,12,14-18,20,23-25,28-30,32,42H,5,11,13,19,21-22,26-27,31H2. The van der Waals surface area contributed by atoms with Gasteiger partial charge in [0.05, 0.1) is 5.52 Å². The fourth-order valence-electron chi connectivity index (χ4n) is 9.31. The van der Waals surface area contributed by atoms with Crippen LogP contribution in [0.1, 0.15) is 73.8 Å². The first-order valence-corrected chi connectivity index (χ1v) is 18.7. The van der Waals surface area contributed by atoms with Crippen molar-refractivity contribution in [3.05, 3.63) is 190 Å². The van der Waals surface area contributed by atoms with Crippen molar-refractivity contribution in [1.82, 2.24) is 9.47 Å². The van der Waals surface area contributed by atoms with Gasteiger partial charge in [0.15, 0.2) is 0 Å². The minimum absolute atomic E-state index is 0.405. The molecule has 0 amide bonds. The van der Waals surface area contributed by atoms with Crippen LogP contribution < -0.4 is 0 Å². The fraction of sp³-hybridized carbons (Fsp3) is 0.208. The molecule has 1 unspecified atom stereocenters. The van der Waals surface area contributed by atoms with Gasteiger partial charge in [0, 0.05) is 45.3 Å². The summed E-state index contributed by atoms with van der Waals surface area (Å²) in [6, 6.07) is 29.1. The third kappa shape index (κ3) is 4.92. The molecule has 1 aliphatic heterocycles. The quantitative estimate of drug-likeness (QED) is 0.209. The lowest BCUT2D eigenvalue weighted by atomic mass is 9.83. The first kappa shape index (κ1) is 29.6. The molecule has 244 valence electrons. The van der Waals surface area contributed by atoms with Crippen molar-refractivity contribution < 1.29 is 0 Å². The van der Waals surface area contributed by atoms with Crippen LogP contribution in [-0.4, -0.2) is 9.47 Å². The molecule has 0 N–H and O–H groups in total. The number of hydrogen-bond acceptors (Lipinski definition) is 1. The van der Waals surface area contributed by atoms with E-state index in [2.05, 4.69) is 149 Å². The van der Waals surface area contributed by atoms with Crippen LogP contribution in [0.5, 0.6) is 0 Å². The van der Waals surface area contributed by atoms with E-state index < -0.39 is 0 Å². The molecule has 0 bridgehead atoms. The summed E-state index contributed by atoms with van der Waals surface area (Å²) < 4.78 is 2.51. The maximum atomic E-state index is 2.66. The van der Waals surface area contributed by atoms with Crippen molar-refractivity contribution in [3.8, 4) is 5.69 Å². The van der Waals surface area contributed by atoms with Crippen LogP contribution >= 0.6 is 0 Å². The van der Waals surface area contributed by atoms with Crippen LogP contribution in [0.3, 0.4) is 0 Å². The SMILES string of the molecule is C1=CCCC(C2=CC=C(N3C4=CC=C(c5ccc6c(c5)c5c(n6-c6ccccc6)CCC(c6ccccc6)=C5)CC4C4=C3CCC=C4)CC2)=C1. The molecule has 1 atom stereocenters. The van der Waals surface area contributed by atoms with Crippen LogP contribution in [0, 0.1) is 5.92 Å². The summed E-state index contributed by atoms with van der Waals surface area (Å²) >= 11 is 0. The van der Waals surface area contributed by atoms with Crippen molar-refractivity contribution in [2.75, 3.05) is 0 Å². The predicted molar refractivity (Wildman–Crippen MR) is 209 cm³/mol. The Morgan fingerprint density at radius 1 is 0.600 bits per heavy atom. The molecule has 3 aromatic carbocycles. The molecule has 6 aliphatic rings. The van der Waals surface area contributed by atoms with Gasteiger partial charge in [-0.25, -0.2) is 0 Å². The van der Waals surface area contributed by atoms with Crippen LogP contribution in [0.15, 0.2) is 167 Å². The Morgan fingerprint density at radius 2 is 1.40 bits per heavy atom. The highest BCUT2D eigenvalue weighted by Gasteiger charge is 2.39. The van der Waals surface area contributed by atoms with Gasteiger partial charge >= 0.3 is 0 Å². The Morgan fingerprint density at radius 3 is 2.22 bits per heavy atom. The van der Waals surface area contributed by atoms with Crippen LogP contribution in [0.2, 0.25) is 0 Å². The van der Waals surface area contributed by atoms with E-state index in [9.17, 15) is 0 Å². The predicted octanol–water partition coefficient (Wildman–Crippen LogP) is 12.2. The Balaban J connectivity index is 1.05. The monoisotopic (exact) mass is 646 g/mol. The summed E-state index contributed by atoms with van der Waals surface area (Å²) in [5, 5.41) is 1.36. The van der Waals surface area contributed by atoms with E-state index >= 15 is 0 Å². The summed E-state index contributed by atoms with van der Waals surface area (Å²) in [5.74, 6) is 0.405. The number of benzene rings is 3. The van der Waals surface area contributed by atoms with E-state index in [4.69, 9.17) is 0 Å². The fourth-order valence-corrected chi connectivity index (χ4v) is 9.31. The van der Waals surface area contributed by atoms with Gasteiger partial charge in [0.1, 0.15) is 0 Å². The maximum Gasteiger partial charge on any atom is 0.0538 e. The summed E-state index contributed by atoms with van der Waals surface area (Å²) in [5.41, 5.74) is 19.9. The normalized spacial score (nSPS) is 21.1. The zero-order valence-electron chi connectivity index (χ0n) is 28.6. The highest BCUT2D eigenvalue weighted by molar-refractivity contribution is 6.00. The summed E-state index contributed by atoms with van der Waals surface area (Å²) in [6.45, 7) is 0. The van der Waals surface area contributed by atoms with Gasteiger partial charge in [-0.15, -0.1) is 0 Å². The van der Waals surface area contributed by atoms with Crippen LogP contribution in [0.4, 0.5) is 0 Å². The third-order valence-corrected chi connectivity index (χ3v) is 11.7. The van der Waals surface area contributed by atoms with Gasteiger partial charge in [-0.2, -0.15) is 0 Å². The zero-order valence-corrected chi connectivity index (χ0v) is 28.6.